The van der Waals surface area contributed by atoms with Crippen molar-refractivity contribution in [2.45, 2.75) is 19.3 Å². The van der Waals surface area contributed by atoms with E-state index >= 15 is 0 Å². The van der Waals surface area contributed by atoms with Crippen LogP contribution in [-0.4, -0.2) is 33.8 Å². The smallest absolute Gasteiger partial charge is 0.350 e. The van der Waals surface area contributed by atoms with E-state index in [9.17, 15) is 22.4 Å². The normalized spacial score (nSPS) is 12.1. The molecule has 0 aliphatic heterocycles. The molecular formula is C15H11F4N3O2S. The van der Waals surface area contributed by atoms with Gasteiger partial charge in [-0.25, -0.2) is 23.2 Å². The Bertz CT molecular complexity index is 890. The van der Waals surface area contributed by atoms with E-state index in [2.05, 4.69) is 14.8 Å². The zero-order valence-electron chi connectivity index (χ0n) is 12.7. The molecule has 0 saturated heterocycles. The van der Waals surface area contributed by atoms with Gasteiger partial charge < -0.3 is 4.74 Å². The van der Waals surface area contributed by atoms with Crippen LogP contribution in [0.25, 0.3) is 15.3 Å². The number of carbonyl (C=O) groups excluding carboxylic acids is 1. The van der Waals surface area contributed by atoms with Gasteiger partial charge >= 0.3 is 18.3 Å². The van der Waals surface area contributed by atoms with Crippen molar-refractivity contribution < 1.29 is 27.1 Å². The van der Waals surface area contributed by atoms with Crippen LogP contribution in [0, 0.1) is 0 Å². The number of benzene rings is 1. The molecule has 0 saturated carbocycles. The second-order valence-electron chi connectivity index (χ2n) is 4.93. The number of hydrogen-bond donors (Lipinski definition) is 0. The SMILES string of the molecule is CCOC(=O)c1cnn(-c2nc3ccccc3s2)c1C(F)(F)C(F)F. The molecule has 1 aromatic carbocycles. The monoisotopic (exact) mass is 373 g/mol. The average Bonchev–Trinajstić information content (AvgIpc) is 3.18. The molecule has 3 rings (SSSR count). The minimum atomic E-state index is -4.60. The standard InChI is InChI=1S/C15H11F4N3O2S/c1-2-24-12(23)8-7-20-22(11(8)15(18,19)13(16)17)14-21-9-5-3-4-6-10(9)25-14/h3-7,13H,2H2,1H3. The number of carbonyl (C=O) groups is 1. The summed E-state index contributed by atoms with van der Waals surface area (Å²) < 4.78 is 60.1. The maximum Gasteiger partial charge on any atom is 0.350 e. The third kappa shape index (κ3) is 2.97. The molecule has 0 aliphatic rings. The van der Waals surface area contributed by atoms with Gasteiger partial charge in [-0.05, 0) is 19.1 Å². The molecule has 0 atom stereocenters. The van der Waals surface area contributed by atoms with Crippen LogP contribution in [0.2, 0.25) is 0 Å². The Balaban J connectivity index is 2.21. The van der Waals surface area contributed by atoms with Gasteiger partial charge in [-0.1, -0.05) is 23.5 Å². The molecule has 0 aliphatic carbocycles. The molecule has 0 fully saturated rings. The van der Waals surface area contributed by atoms with Crippen molar-refractivity contribution in [3.63, 3.8) is 0 Å². The quantitative estimate of drug-likeness (QED) is 0.501. The fourth-order valence-electron chi connectivity index (χ4n) is 2.23. The predicted octanol–water partition coefficient (Wildman–Crippen LogP) is 4.02. The van der Waals surface area contributed by atoms with Gasteiger partial charge in [0.15, 0.2) is 0 Å². The summed E-state index contributed by atoms with van der Waals surface area (Å²) in [5.41, 5.74) is -1.45. The summed E-state index contributed by atoms with van der Waals surface area (Å²) in [5.74, 6) is -5.75. The minimum Gasteiger partial charge on any atom is -0.462 e. The number of hydrogen-bond acceptors (Lipinski definition) is 5. The topological polar surface area (TPSA) is 57.0 Å². The highest BCUT2D eigenvalue weighted by Gasteiger charge is 2.49. The van der Waals surface area contributed by atoms with Gasteiger partial charge in [-0.2, -0.15) is 13.9 Å². The fourth-order valence-corrected chi connectivity index (χ4v) is 3.16. The van der Waals surface area contributed by atoms with Crippen molar-refractivity contribution in [1.29, 1.82) is 0 Å². The molecule has 0 amide bonds. The number of rotatable bonds is 5. The van der Waals surface area contributed by atoms with Gasteiger partial charge in [-0.15, -0.1) is 0 Å². The van der Waals surface area contributed by atoms with E-state index < -0.39 is 29.6 Å². The Hall–Kier alpha value is -2.49. The predicted molar refractivity (Wildman–Crippen MR) is 82.6 cm³/mol. The lowest BCUT2D eigenvalue weighted by Gasteiger charge is -2.17. The van der Waals surface area contributed by atoms with Crippen molar-refractivity contribution in [1.82, 2.24) is 14.8 Å². The van der Waals surface area contributed by atoms with E-state index in [1.54, 1.807) is 24.3 Å². The Morgan fingerprint density at radius 3 is 2.72 bits per heavy atom. The maximum atomic E-state index is 14.1. The summed E-state index contributed by atoms with van der Waals surface area (Å²) in [6.45, 7) is 1.38. The number of aromatic nitrogens is 3. The van der Waals surface area contributed by atoms with Gasteiger partial charge in [0.1, 0.15) is 11.3 Å². The number of halogens is 4. The van der Waals surface area contributed by atoms with Gasteiger partial charge in [-0.3, -0.25) is 0 Å². The highest BCUT2D eigenvalue weighted by molar-refractivity contribution is 7.20. The Morgan fingerprint density at radius 1 is 1.36 bits per heavy atom. The number of alkyl halides is 4. The highest BCUT2D eigenvalue weighted by Crippen LogP contribution is 2.39. The average molecular weight is 373 g/mol. The fraction of sp³-hybridized carbons (Fsp3) is 0.267. The summed E-state index contributed by atoms with van der Waals surface area (Å²) in [6.07, 6.45) is -3.24. The molecule has 0 unspecified atom stereocenters. The van der Waals surface area contributed by atoms with Crippen LogP contribution in [0.15, 0.2) is 30.5 Å². The van der Waals surface area contributed by atoms with E-state index in [4.69, 9.17) is 0 Å². The van der Waals surface area contributed by atoms with E-state index in [1.807, 2.05) is 0 Å². The Labute approximate surface area is 142 Å². The molecule has 10 heteroatoms. The van der Waals surface area contributed by atoms with Crippen molar-refractivity contribution in [3.8, 4) is 5.13 Å². The van der Waals surface area contributed by atoms with E-state index in [-0.39, 0.29) is 11.7 Å². The lowest BCUT2D eigenvalue weighted by Crippen LogP contribution is -2.29. The molecule has 2 aromatic heterocycles. The van der Waals surface area contributed by atoms with Crippen LogP contribution >= 0.6 is 11.3 Å². The molecule has 5 nitrogen and oxygen atoms in total. The molecular weight excluding hydrogens is 362 g/mol. The number of esters is 1. The van der Waals surface area contributed by atoms with Gasteiger partial charge in [0, 0.05) is 0 Å². The first-order valence-corrected chi connectivity index (χ1v) is 7.95. The zero-order chi connectivity index (χ0) is 18.2. The van der Waals surface area contributed by atoms with Crippen molar-refractivity contribution >= 4 is 27.5 Å². The van der Waals surface area contributed by atoms with Gasteiger partial charge in [0.2, 0.25) is 5.13 Å². The molecule has 0 radical (unpaired) electrons. The first-order chi connectivity index (χ1) is 11.9. The number of thiazole rings is 1. The largest absolute Gasteiger partial charge is 0.462 e. The third-order valence-electron chi connectivity index (χ3n) is 3.32. The van der Waals surface area contributed by atoms with Crippen LogP contribution < -0.4 is 0 Å². The van der Waals surface area contributed by atoms with E-state index in [0.29, 0.717) is 14.9 Å². The molecule has 3 aromatic rings. The number of fused-ring (bicyclic) bond motifs is 1. The van der Waals surface area contributed by atoms with Crippen LogP contribution in [0.1, 0.15) is 23.0 Å². The number of nitrogens with zero attached hydrogens (tertiary/aromatic N) is 3. The molecule has 2 heterocycles. The van der Waals surface area contributed by atoms with Crippen molar-refractivity contribution in [3.05, 3.63) is 41.7 Å². The van der Waals surface area contributed by atoms with E-state index in [1.165, 1.54) is 6.92 Å². The molecule has 132 valence electrons. The van der Waals surface area contributed by atoms with E-state index in [0.717, 1.165) is 17.5 Å². The minimum absolute atomic E-state index is 0.0490. The summed E-state index contributed by atoms with van der Waals surface area (Å²) in [4.78, 5) is 16.0. The molecule has 0 bridgehead atoms. The van der Waals surface area contributed by atoms with Crippen LogP contribution in [0.5, 0.6) is 0 Å². The highest BCUT2D eigenvalue weighted by atomic mass is 32.1. The first kappa shape index (κ1) is 17.3. The van der Waals surface area contributed by atoms with Crippen molar-refractivity contribution in [2.24, 2.45) is 0 Å². The third-order valence-corrected chi connectivity index (χ3v) is 4.33. The molecule has 0 spiro atoms. The Morgan fingerprint density at radius 2 is 2.08 bits per heavy atom. The maximum absolute atomic E-state index is 14.1. The van der Waals surface area contributed by atoms with Gasteiger partial charge in [0.05, 0.1) is 23.0 Å². The summed E-state index contributed by atoms with van der Waals surface area (Å²) >= 11 is 0.990. The first-order valence-electron chi connectivity index (χ1n) is 7.13. The zero-order valence-corrected chi connectivity index (χ0v) is 13.6. The lowest BCUT2D eigenvalue weighted by molar-refractivity contribution is -0.139. The molecule has 25 heavy (non-hydrogen) atoms. The van der Waals surface area contributed by atoms with Crippen molar-refractivity contribution in [2.75, 3.05) is 6.61 Å². The Kier molecular flexibility index (Phi) is 4.46. The van der Waals surface area contributed by atoms with Crippen LogP contribution in [0.3, 0.4) is 0 Å². The lowest BCUT2D eigenvalue weighted by atomic mass is 10.1. The second-order valence-corrected chi connectivity index (χ2v) is 5.94. The van der Waals surface area contributed by atoms with Gasteiger partial charge in [0.25, 0.3) is 0 Å². The molecule has 0 N–H and O–H groups in total. The number of para-hydroxylation sites is 1. The number of ether oxygens (including phenoxy) is 1. The van der Waals surface area contributed by atoms with Crippen LogP contribution in [0.4, 0.5) is 17.6 Å². The van der Waals surface area contributed by atoms with Crippen LogP contribution in [-0.2, 0) is 10.7 Å². The second kappa shape index (κ2) is 6.43. The summed E-state index contributed by atoms with van der Waals surface area (Å²) in [6, 6.07) is 6.78. The summed E-state index contributed by atoms with van der Waals surface area (Å²) in [7, 11) is 0. The summed E-state index contributed by atoms with van der Waals surface area (Å²) in [5, 5.41) is 3.64.